The van der Waals surface area contributed by atoms with Crippen LogP contribution in [0.4, 0.5) is 0 Å². The smallest absolute Gasteiger partial charge is 0.0351 e. The highest BCUT2D eigenvalue weighted by Gasteiger charge is 2.10. The fourth-order valence-corrected chi connectivity index (χ4v) is 4.05. The second-order valence-electron chi connectivity index (χ2n) is 6.85. The normalized spacial score (nSPS) is 10.9. The first kappa shape index (κ1) is 25.0. The van der Waals surface area contributed by atoms with Crippen molar-refractivity contribution in [2.45, 2.75) is 26.8 Å². The zero-order chi connectivity index (χ0) is 18.4. The SMILES string of the molecule is CCN(CCCl)CCCNCc1c2ccccc2c(C)c2ccccc12.Cl.Cl. The van der Waals surface area contributed by atoms with E-state index in [1.165, 1.54) is 32.7 Å². The standard InChI is InChI=1S/C23H29ClN2.2ClH/c1-3-26(16-13-24)15-8-14-25-17-23-21-11-6-4-9-19(21)18(2)20-10-5-7-12-22(20)23;;/h4-7,9-12,25H,3,8,13-17H2,1-2H3;2*1H. The summed E-state index contributed by atoms with van der Waals surface area (Å²) < 4.78 is 0. The van der Waals surface area contributed by atoms with E-state index >= 15 is 0 Å². The summed E-state index contributed by atoms with van der Waals surface area (Å²) in [6.07, 6.45) is 1.15. The minimum Gasteiger partial charge on any atom is -0.313 e. The summed E-state index contributed by atoms with van der Waals surface area (Å²) in [4.78, 5) is 2.41. The number of hydrogen-bond donors (Lipinski definition) is 1. The van der Waals surface area contributed by atoms with Gasteiger partial charge < -0.3 is 10.2 Å². The number of nitrogens with zero attached hydrogens (tertiary/aromatic N) is 1. The van der Waals surface area contributed by atoms with Crippen LogP contribution in [-0.2, 0) is 6.54 Å². The quantitative estimate of drug-likeness (QED) is 0.242. The van der Waals surface area contributed by atoms with Crippen molar-refractivity contribution in [2.75, 3.05) is 32.1 Å². The van der Waals surface area contributed by atoms with Crippen LogP contribution in [-0.4, -0.2) is 37.0 Å². The Morgan fingerprint density at radius 1 is 0.857 bits per heavy atom. The lowest BCUT2D eigenvalue weighted by molar-refractivity contribution is 0.299. The van der Waals surface area contributed by atoms with Gasteiger partial charge in [0.05, 0.1) is 0 Å². The summed E-state index contributed by atoms with van der Waals surface area (Å²) in [5.74, 6) is 0.711. The first-order chi connectivity index (χ1) is 12.8. The summed E-state index contributed by atoms with van der Waals surface area (Å²) in [7, 11) is 0. The number of halogens is 3. The predicted molar refractivity (Wildman–Crippen MR) is 130 cm³/mol. The summed E-state index contributed by atoms with van der Waals surface area (Å²) in [5.41, 5.74) is 2.79. The third-order valence-corrected chi connectivity index (χ3v) is 5.46. The highest BCUT2D eigenvalue weighted by molar-refractivity contribution is 6.18. The number of aryl methyl sites for hydroxylation is 1. The van der Waals surface area contributed by atoms with Crippen molar-refractivity contribution in [3.8, 4) is 0 Å². The third kappa shape index (κ3) is 5.75. The zero-order valence-electron chi connectivity index (χ0n) is 16.7. The minimum absolute atomic E-state index is 0. The first-order valence-corrected chi connectivity index (χ1v) is 10.2. The molecule has 0 heterocycles. The fourth-order valence-electron chi connectivity index (χ4n) is 3.82. The second-order valence-corrected chi connectivity index (χ2v) is 7.23. The molecule has 3 rings (SSSR count). The maximum atomic E-state index is 5.86. The monoisotopic (exact) mass is 440 g/mol. The molecule has 0 bridgehead atoms. The molecule has 0 aromatic heterocycles. The molecular weight excluding hydrogens is 411 g/mol. The van der Waals surface area contributed by atoms with Crippen LogP contribution in [0.5, 0.6) is 0 Å². The van der Waals surface area contributed by atoms with E-state index in [4.69, 9.17) is 11.6 Å². The van der Waals surface area contributed by atoms with Crippen molar-refractivity contribution in [3.05, 3.63) is 59.7 Å². The number of hydrogen-bond acceptors (Lipinski definition) is 2. The van der Waals surface area contributed by atoms with E-state index in [2.05, 4.69) is 72.6 Å². The maximum Gasteiger partial charge on any atom is 0.0351 e. The average Bonchev–Trinajstić information content (AvgIpc) is 2.69. The average molecular weight is 442 g/mol. The van der Waals surface area contributed by atoms with Crippen LogP contribution < -0.4 is 5.32 Å². The van der Waals surface area contributed by atoms with Crippen LogP contribution in [0.3, 0.4) is 0 Å². The molecule has 0 fully saturated rings. The van der Waals surface area contributed by atoms with E-state index in [1.54, 1.807) is 0 Å². The molecule has 0 aliphatic rings. The second kappa shape index (κ2) is 12.5. The molecule has 0 radical (unpaired) electrons. The Kier molecular flexibility index (Phi) is 11.2. The highest BCUT2D eigenvalue weighted by atomic mass is 35.5. The van der Waals surface area contributed by atoms with E-state index in [0.29, 0.717) is 5.88 Å². The molecule has 0 unspecified atom stereocenters. The molecule has 2 nitrogen and oxygen atoms in total. The summed E-state index contributed by atoms with van der Waals surface area (Å²) >= 11 is 5.86. The predicted octanol–water partition coefficient (Wildman–Crippen LogP) is 6.19. The van der Waals surface area contributed by atoms with Gasteiger partial charge in [0.2, 0.25) is 0 Å². The minimum atomic E-state index is 0. The van der Waals surface area contributed by atoms with Crippen molar-refractivity contribution in [1.82, 2.24) is 10.2 Å². The largest absolute Gasteiger partial charge is 0.313 e. The zero-order valence-corrected chi connectivity index (χ0v) is 19.1. The highest BCUT2D eigenvalue weighted by Crippen LogP contribution is 2.32. The van der Waals surface area contributed by atoms with Gasteiger partial charge in [0.15, 0.2) is 0 Å². The fraction of sp³-hybridized carbons (Fsp3) is 0.391. The van der Waals surface area contributed by atoms with Crippen molar-refractivity contribution in [3.63, 3.8) is 0 Å². The van der Waals surface area contributed by atoms with Gasteiger partial charge in [-0.05, 0) is 65.7 Å². The van der Waals surface area contributed by atoms with Gasteiger partial charge in [-0.15, -0.1) is 36.4 Å². The van der Waals surface area contributed by atoms with Crippen LogP contribution in [0.2, 0.25) is 0 Å². The van der Waals surface area contributed by atoms with Crippen molar-refractivity contribution < 1.29 is 0 Å². The summed E-state index contributed by atoms with van der Waals surface area (Å²) in [6.45, 7) is 9.51. The molecule has 0 saturated heterocycles. The van der Waals surface area contributed by atoms with Gasteiger partial charge in [0, 0.05) is 19.0 Å². The molecule has 154 valence electrons. The molecule has 0 aliphatic heterocycles. The first-order valence-electron chi connectivity index (χ1n) is 9.64. The molecule has 3 aromatic carbocycles. The summed E-state index contributed by atoms with van der Waals surface area (Å²) in [6, 6.07) is 17.6. The van der Waals surface area contributed by atoms with Gasteiger partial charge in [-0.2, -0.15) is 0 Å². The number of rotatable bonds is 9. The van der Waals surface area contributed by atoms with E-state index < -0.39 is 0 Å². The van der Waals surface area contributed by atoms with Gasteiger partial charge in [-0.25, -0.2) is 0 Å². The molecule has 5 heteroatoms. The third-order valence-electron chi connectivity index (χ3n) is 5.29. The van der Waals surface area contributed by atoms with Crippen LogP contribution >= 0.6 is 36.4 Å². The van der Waals surface area contributed by atoms with Gasteiger partial charge in [-0.3, -0.25) is 0 Å². The molecule has 1 N–H and O–H groups in total. The number of benzene rings is 3. The lowest BCUT2D eigenvalue weighted by Gasteiger charge is -2.19. The number of fused-ring (bicyclic) bond motifs is 2. The Balaban J connectivity index is 0.00000196. The Labute approximate surface area is 186 Å². The van der Waals surface area contributed by atoms with E-state index in [0.717, 1.165) is 39.1 Å². The van der Waals surface area contributed by atoms with Crippen LogP contribution in [0.1, 0.15) is 24.5 Å². The van der Waals surface area contributed by atoms with Gasteiger partial charge in [0.25, 0.3) is 0 Å². The Morgan fingerprint density at radius 2 is 1.39 bits per heavy atom. The molecule has 0 spiro atoms. The Hall–Kier alpha value is -1.03. The number of nitrogens with one attached hydrogen (secondary N) is 1. The van der Waals surface area contributed by atoms with Crippen LogP contribution in [0.25, 0.3) is 21.5 Å². The van der Waals surface area contributed by atoms with Gasteiger partial charge >= 0.3 is 0 Å². The molecule has 0 saturated carbocycles. The van der Waals surface area contributed by atoms with E-state index in [-0.39, 0.29) is 24.8 Å². The van der Waals surface area contributed by atoms with Crippen LogP contribution in [0.15, 0.2) is 48.5 Å². The molecule has 3 aromatic rings. The van der Waals surface area contributed by atoms with Crippen molar-refractivity contribution in [1.29, 1.82) is 0 Å². The van der Waals surface area contributed by atoms with E-state index in [9.17, 15) is 0 Å². The number of alkyl halides is 1. The summed E-state index contributed by atoms with van der Waals surface area (Å²) in [5, 5.41) is 9.13. The topological polar surface area (TPSA) is 15.3 Å². The Bertz CT molecular complexity index is 810. The molecule has 0 amide bonds. The van der Waals surface area contributed by atoms with Gasteiger partial charge in [0.1, 0.15) is 0 Å². The lowest BCUT2D eigenvalue weighted by atomic mass is 9.92. The molecular formula is C23H31Cl3N2. The van der Waals surface area contributed by atoms with Gasteiger partial charge in [-0.1, -0.05) is 55.5 Å². The Morgan fingerprint density at radius 3 is 1.89 bits per heavy atom. The molecule has 0 aliphatic carbocycles. The van der Waals surface area contributed by atoms with Crippen molar-refractivity contribution >= 4 is 58.0 Å². The lowest BCUT2D eigenvalue weighted by Crippen LogP contribution is -2.29. The van der Waals surface area contributed by atoms with Crippen LogP contribution in [0, 0.1) is 6.92 Å². The van der Waals surface area contributed by atoms with Crippen molar-refractivity contribution in [2.24, 2.45) is 0 Å². The van der Waals surface area contributed by atoms with E-state index in [1.807, 2.05) is 0 Å². The maximum absolute atomic E-state index is 5.86. The molecule has 28 heavy (non-hydrogen) atoms. The molecule has 0 atom stereocenters.